The van der Waals surface area contributed by atoms with Crippen LogP contribution in [-0.4, -0.2) is 32.2 Å². The molecule has 3 N–H and O–H groups in total. The van der Waals surface area contributed by atoms with Gasteiger partial charge in [-0.25, -0.2) is 0 Å². The van der Waals surface area contributed by atoms with Crippen molar-refractivity contribution in [2.75, 3.05) is 42.3 Å². The Hall–Kier alpha value is -2.53. The highest BCUT2D eigenvalue weighted by Gasteiger charge is 2.15. The van der Waals surface area contributed by atoms with Gasteiger partial charge in [0, 0.05) is 25.2 Å². The molecule has 126 valence electrons. The first-order valence-electron chi connectivity index (χ1n) is 8.28. The Balaban J connectivity index is 1.60. The first-order valence-corrected chi connectivity index (χ1v) is 8.28. The summed E-state index contributed by atoms with van der Waals surface area (Å²) in [5.74, 6) is 0.0209. The van der Waals surface area contributed by atoms with Crippen LogP contribution in [0.25, 0.3) is 0 Å². The lowest BCUT2D eigenvalue weighted by atomic mass is 10.1. The van der Waals surface area contributed by atoms with Crippen LogP contribution < -0.4 is 16.0 Å². The number of carbonyl (C=O) groups excluding carboxylic acids is 1. The summed E-state index contributed by atoms with van der Waals surface area (Å²) in [6.45, 7) is 3.13. The van der Waals surface area contributed by atoms with Gasteiger partial charge in [0.1, 0.15) is 0 Å². The van der Waals surface area contributed by atoms with E-state index in [1.807, 2.05) is 48.5 Å². The number of amides is 1. The molecule has 0 saturated carbocycles. The predicted molar refractivity (Wildman–Crippen MR) is 97.3 cm³/mol. The summed E-state index contributed by atoms with van der Waals surface area (Å²) in [5, 5.41) is 3.04. The average molecular weight is 325 g/mol. The summed E-state index contributed by atoms with van der Waals surface area (Å²) < 4.78 is 5.40. The summed E-state index contributed by atoms with van der Waals surface area (Å²) in [6.07, 6.45) is 1.15. The molecule has 0 unspecified atom stereocenters. The van der Waals surface area contributed by atoms with Gasteiger partial charge in [0.2, 0.25) is 5.91 Å². The van der Waals surface area contributed by atoms with Crippen LogP contribution in [0.4, 0.5) is 17.1 Å². The van der Waals surface area contributed by atoms with Gasteiger partial charge in [-0.3, -0.25) is 4.79 Å². The molecule has 2 aromatic rings. The van der Waals surface area contributed by atoms with Gasteiger partial charge >= 0.3 is 0 Å². The largest absolute Gasteiger partial charge is 0.399 e. The minimum atomic E-state index is 0.0209. The lowest BCUT2D eigenvalue weighted by Gasteiger charge is -2.30. The van der Waals surface area contributed by atoms with E-state index in [2.05, 4.69) is 10.2 Å². The molecular formula is C19H23N3O2. The van der Waals surface area contributed by atoms with E-state index in [4.69, 9.17) is 10.5 Å². The van der Waals surface area contributed by atoms with Gasteiger partial charge in [-0.2, -0.15) is 0 Å². The fourth-order valence-electron chi connectivity index (χ4n) is 2.81. The zero-order valence-corrected chi connectivity index (χ0v) is 13.7. The molecule has 1 aliphatic rings. The van der Waals surface area contributed by atoms with Crippen LogP contribution >= 0.6 is 0 Å². The van der Waals surface area contributed by atoms with Gasteiger partial charge in [-0.15, -0.1) is 0 Å². The molecule has 3 rings (SSSR count). The Bertz CT molecular complexity index is 679. The third-order valence-corrected chi connectivity index (χ3v) is 4.15. The number of nitrogen functional groups attached to an aromatic ring is 1. The highest BCUT2D eigenvalue weighted by molar-refractivity contribution is 5.94. The zero-order chi connectivity index (χ0) is 16.8. The number of nitrogens with zero attached hydrogens (tertiary/aromatic N) is 1. The number of carbonyl (C=O) groups is 1. The number of benzene rings is 2. The van der Waals surface area contributed by atoms with E-state index in [1.54, 1.807) is 0 Å². The standard InChI is InChI=1S/C19H23N3O2/c20-16-8-5-15(6-9-16)7-10-19(23)21-17-3-1-2-4-18(17)22-11-13-24-14-12-22/h1-6,8-9H,7,10-14,20H2,(H,21,23). The smallest absolute Gasteiger partial charge is 0.224 e. The van der Waals surface area contributed by atoms with Crippen molar-refractivity contribution in [3.05, 3.63) is 54.1 Å². The second kappa shape index (κ2) is 7.84. The molecule has 0 bridgehead atoms. The van der Waals surface area contributed by atoms with Crippen molar-refractivity contribution < 1.29 is 9.53 Å². The van der Waals surface area contributed by atoms with E-state index in [0.717, 1.165) is 48.9 Å². The molecule has 5 heteroatoms. The maximum Gasteiger partial charge on any atom is 0.224 e. The third kappa shape index (κ3) is 4.26. The predicted octanol–water partition coefficient (Wildman–Crippen LogP) is 2.68. The Morgan fingerprint density at radius 2 is 1.79 bits per heavy atom. The van der Waals surface area contributed by atoms with Crippen molar-refractivity contribution in [3.63, 3.8) is 0 Å². The number of hydrogen-bond acceptors (Lipinski definition) is 4. The Morgan fingerprint density at radius 1 is 1.08 bits per heavy atom. The number of para-hydroxylation sites is 2. The summed E-state index contributed by atoms with van der Waals surface area (Å²) in [5.41, 5.74) is 9.45. The summed E-state index contributed by atoms with van der Waals surface area (Å²) in [4.78, 5) is 14.6. The monoisotopic (exact) mass is 325 g/mol. The Labute approximate surface area is 142 Å². The van der Waals surface area contributed by atoms with Gasteiger partial charge in [-0.05, 0) is 36.2 Å². The minimum absolute atomic E-state index is 0.0209. The van der Waals surface area contributed by atoms with E-state index in [1.165, 1.54) is 0 Å². The van der Waals surface area contributed by atoms with Gasteiger partial charge < -0.3 is 20.7 Å². The van der Waals surface area contributed by atoms with Crippen molar-refractivity contribution in [2.24, 2.45) is 0 Å². The van der Waals surface area contributed by atoms with E-state index in [9.17, 15) is 4.79 Å². The highest BCUT2D eigenvalue weighted by atomic mass is 16.5. The molecule has 1 saturated heterocycles. The van der Waals surface area contributed by atoms with Gasteiger partial charge in [0.25, 0.3) is 0 Å². The molecule has 5 nitrogen and oxygen atoms in total. The van der Waals surface area contributed by atoms with Crippen LogP contribution in [0.1, 0.15) is 12.0 Å². The molecule has 0 aromatic heterocycles. The highest BCUT2D eigenvalue weighted by Crippen LogP contribution is 2.26. The maximum absolute atomic E-state index is 12.3. The summed E-state index contributed by atoms with van der Waals surface area (Å²) >= 11 is 0. The number of aryl methyl sites for hydroxylation is 1. The minimum Gasteiger partial charge on any atom is -0.399 e. The number of ether oxygens (including phenoxy) is 1. The van der Waals surface area contributed by atoms with E-state index >= 15 is 0 Å². The summed E-state index contributed by atoms with van der Waals surface area (Å²) in [6, 6.07) is 15.6. The molecule has 0 atom stereocenters. The molecule has 1 heterocycles. The fourth-order valence-corrected chi connectivity index (χ4v) is 2.81. The lowest BCUT2D eigenvalue weighted by molar-refractivity contribution is -0.116. The average Bonchev–Trinajstić information content (AvgIpc) is 2.62. The summed E-state index contributed by atoms with van der Waals surface area (Å²) in [7, 11) is 0. The SMILES string of the molecule is Nc1ccc(CCC(=O)Nc2ccccc2N2CCOCC2)cc1. The fraction of sp³-hybridized carbons (Fsp3) is 0.316. The van der Waals surface area contributed by atoms with Gasteiger partial charge in [0.15, 0.2) is 0 Å². The van der Waals surface area contributed by atoms with Crippen LogP contribution in [0.3, 0.4) is 0 Å². The molecule has 2 aromatic carbocycles. The molecule has 0 radical (unpaired) electrons. The third-order valence-electron chi connectivity index (χ3n) is 4.15. The zero-order valence-electron chi connectivity index (χ0n) is 13.7. The molecule has 0 spiro atoms. The van der Waals surface area contributed by atoms with Gasteiger partial charge in [0.05, 0.1) is 24.6 Å². The van der Waals surface area contributed by atoms with E-state index in [-0.39, 0.29) is 5.91 Å². The van der Waals surface area contributed by atoms with Crippen LogP contribution in [0.15, 0.2) is 48.5 Å². The molecule has 24 heavy (non-hydrogen) atoms. The number of anilines is 3. The van der Waals surface area contributed by atoms with Crippen molar-refractivity contribution in [1.29, 1.82) is 0 Å². The molecule has 0 aliphatic carbocycles. The van der Waals surface area contributed by atoms with Crippen LogP contribution in [0.2, 0.25) is 0 Å². The Morgan fingerprint density at radius 3 is 2.54 bits per heavy atom. The maximum atomic E-state index is 12.3. The number of morpholine rings is 1. The second-order valence-corrected chi connectivity index (χ2v) is 5.91. The van der Waals surface area contributed by atoms with Crippen LogP contribution in [0, 0.1) is 0 Å². The van der Waals surface area contributed by atoms with Crippen LogP contribution in [0.5, 0.6) is 0 Å². The van der Waals surface area contributed by atoms with Crippen LogP contribution in [-0.2, 0) is 16.0 Å². The van der Waals surface area contributed by atoms with Crippen molar-refractivity contribution >= 4 is 23.0 Å². The van der Waals surface area contributed by atoms with Gasteiger partial charge in [-0.1, -0.05) is 24.3 Å². The van der Waals surface area contributed by atoms with Crippen molar-refractivity contribution in [1.82, 2.24) is 0 Å². The quantitative estimate of drug-likeness (QED) is 0.830. The Kier molecular flexibility index (Phi) is 5.33. The van der Waals surface area contributed by atoms with Crippen molar-refractivity contribution in [3.8, 4) is 0 Å². The number of hydrogen-bond donors (Lipinski definition) is 2. The number of nitrogens with two attached hydrogens (primary N) is 1. The molecule has 1 aliphatic heterocycles. The molecule has 1 amide bonds. The van der Waals surface area contributed by atoms with E-state index in [0.29, 0.717) is 12.8 Å². The number of rotatable bonds is 5. The molecular weight excluding hydrogens is 302 g/mol. The second-order valence-electron chi connectivity index (χ2n) is 5.91. The number of nitrogens with one attached hydrogen (secondary N) is 1. The lowest BCUT2D eigenvalue weighted by Crippen LogP contribution is -2.36. The first kappa shape index (κ1) is 16.3. The van der Waals surface area contributed by atoms with E-state index < -0.39 is 0 Å². The normalized spacial score (nSPS) is 14.4. The topological polar surface area (TPSA) is 67.6 Å². The van der Waals surface area contributed by atoms with Crippen molar-refractivity contribution in [2.45, 2.75) is 12.8 Å². The first-order chi connectivity index (χ1) is 11.7. The molecule has 1 fully saturated rings.